The summed E-state index contributed by atoms with van der Waals surface area (Å²) in [5.41, 5.74) is 0.351. The first kappa shape index (κ1) is 30.3. The van der Waals surface area contributed by atoms with Crippen molar-refractivity contribution in [2.45, 2.75) is 173 Å². The molecule has 0 atom stereocenters. The van der Waals surface area contributed by atoms with Crippen molar-refractivity contribution in [1.29, 1.82) is 0 Å². The molecule has 0 saturated carbocycles. The van der Waals surface area contributed by atoms with Crippen molar-refractivity contribution >= 4 is 17.6 Å². The second-order valence-corrected chi connectivity index (χ2v) is 16.9. The summed E-state index contributed by atoms with van der Waals surface area (Å²) in [4.78, 5) is 10.1. The van der Waals surface area contributed by atoms with Gasteiger partial charge in [-0.3, -0.25) is 0 Å². The average molecular weight is 543 g/mol. The summed E-state index contributed by atoms with van der Waals surface area (Å²) in [6.07, 6.45) is 6.21. The Bertz CT molecular complexity index is 837. The van der Waals surface area contributed by atoms with Crippen molar-refractivity contribution in [3.63, 3.8) is 0 Å². The molecular formula is C31H58N8. The molecule has 222 valence electrons. The lowest BCUT2D eigenvalue weighted by atomic mass is 9.79. The highest BCUT2D eigenvalue weighted by molar-refractivity contribution is 5.53. The van der Waals surface area contributed by atoms with Gasteiger partial charge in [-0.2, -0.15) is 9.97 Å². The fraction of sp³-hybridized carbons (Fsp3) is 0.871. The van der Waals surface area contributed by atoms with Crippen LogP contribution in [-0.2, 0) is 0 Å². The first-order valence-corrected chi connectivity index (χ1v) is 15.2. The fourth-order valence-corrected chi connectivity index (χ4v) is 8.53. The second-order valence-electron chi connectivity index (χ2n) is 16.9. The molecule has 0 amide bonds. The molecule has 39 heavy (non-hydrogen) atoms. The Morgan fingerprint density at radius 1 is 0.487 bits per heavy atom. The Morgan fingerprint density at radius 2 is 0.744 bits per heavy atom. The number of piperidine rings is 3. The summed E-state index contributed by atoms with van der Waals surface area (Å²) >= 11 is 0. The van der Waals surface area contributed by atoms with E-state index in [0.717, 1.165) is 50.2 Å². The van der Waals surface area contributed by atoms with E-state index in [-0.39, 0.29) is 33.2 Å². The molecule has 0 unspecified atom stereocenters. The van der Waals surface area contributed by atoms with Gasteiger partial charge >= 0.3 is 0 Å². The van der Waals surface area contributed by atoms with Crippen LogP contribution in [0.5, 0.6) is 0 Å². The van der Waals surface area contributed by atoms with Gasteiger partial charge in [0.15, 0.2) is 0 Å². The molecule has 3 fully saturated rings. The van der Waals surface area contributed by atoms with E-state index < -0.39 is 0 Å². The largest absolute Gasteiger partial charge is 0.367 e. The minimum Gasteiger partial charge on any atom is -0.367 e. The first-order valence-electron chi connectivity index (χ1n) is 15.2. The third-order valence-electron chi connectivity index (χ3n) is 8.33. The second kappa shape index (κ2) is 10.0. The highest BCUT2D eigenvalue weighted by atomic mass is 15.2. The molecule has 8 heteroatoms. The lowest BCUT2D eigenvalue weighted by Crippen LogP contribution is -2.60. The fourth-order valence-electron chi connectivity index (χ4n) is 8.53. The molecule has 0 radical (unpaired) electrons. The molecule has 3 aliphatic rings. The highest BCUT2D eigenvalue weighted by Crippen LogP contribution is 2.34. The highest BCUT2D eigenvalue weighted by Gasteiger charge is 2.40. The molecule has 0 bridgehead atoms. The predicted molar refractivity (Wildman–Crippen MR) is 166 cm³/mol. The molecule has 1 aromatic heterocycles. The summed E-state index contributed by atoms with van der Waals surface area (Å²) in [7, 11) is 0. The van der Waals surface area contributed by atoms with Gasteiger partial charge in [-0.05, 0) is 122 Å². The smallest absolute Gasteiger partial charge is 0.226 e. The zero-order valence-electron chi connectivity index (χ0n) is 26.9. The molecule has 8 nitrogen and oxygen atoms in total. The minimum atomic E-state index is 0.0505. The van der Waals surface area contributed by atoms with Gasteiger partial charge in [-0.15, -0.1) is 0 Å². The predicted octanol–water partition coefficient (Wildman–Crippen LogP) is 5.64. The molecule has 4 heterocycles. The Balaban J connectivity index is 1.60. The Kier molecular flexibility index (Phi) is 7.79. The lowest BCUT2D eigenvalue weighted by Gasteiger charge is -2.47. The van der Waals surface area contributed by atoms with Gasteiger partial charge < -0.3 is 31.9 Å². The molecule has 6 N–H and O–H groups in total. The minimum absolute atomic E-state index is 0.0505. The van der Waals surface area contributed by atoms with Crippen LogP contribution in [0, 0.1) is 0 Å². The molecule has 0 aliphatic carbocycles. The summed E-state index contributed by atoms with van der Waals surface area (Å²) < 4.78 is 0. The summed E-state index contributed by atoms with van der Waals surface area (Å²) in [5, 5.41) is 22.8. The average Bonchev–Trinajstić information content (AvgIpc) is 2.59. The standard InChI is InChI=1S/C31H58N8/c1-26(2)14-20(15-27(3,4)37-26)32-23-13-24(33-21-16-28(5,6)38-29(7,8)17-21)36-25(35-23)34-22-18-30(9,10)39-31(11,12)19-22/h13,20-22,37-39H,14-19H2,1-12H3,(H3,32,33,34,35,36). The Labute approximate surface area is 238 Å². The van der Waals surface area contributed by atoms with Gasteiger partial charge in [0.25, 0.3) is 0 Å². The monoisotopic (exact) mass is 542 g/mol. The topological polar surface area (TPSA) is 98.0 Å². The summed E-state index contributed by atoms with van der Waals surface area (Å²) in [5.74, 6) is 2.50. The third kappa shape index (κ3) is 8.67. The van der Waals surface area contributed by atoms with E-state index in [9.17, 15) is 0 Å². The van der Waals surface area contributed by atoms with Crippen LogP contribution in [0.2, 0.25) is 0 Å². The van der Waals surface area contributed by atoms with Gasteiger partial charge in [0.2, 0.25) is 5.95 Å². The van der Waals surface area contributed by atoms with Crippen LogP contribution in [0.15, 0.2) is 6.07 Å². The van der Waals surface area contributed by atoms with Gasteiger partial charge in [0.05, 0.1) is 0 Å². The number of hydrogen-bond donors (Lipinski definition) is 6. The molecule has 4 rings (SSSR count). The third-order valence-corrected chi connectivity index (χ3v) is 8.33. The SMILES string of the molecule is CC1(C)CC(Nc2cc(NC3CC(C)(C)NC(C)(C)C3)nc(NC3CC(C)(C)NC(C)(C)C3)n2)CC(C)(C)N1. The molecule has 3 aliphatic heterocycles. The maximum absolute atomic E-state index is 5.04. The maximum Gasteiger partial charge on any atom is 0.226 e. The number of aromatic nitrogens is 2. The molecule has 1 aromatic rings. The van der Waals surface area contributed by atoms with Gasteiger partial charge in [-0.1, -0.05) is 0 Å². The molecule has 3 saturated heterocycles. The summed E-state index contributed by atoms with van der Waals surface area (Å²) in [6.45, 7) is 27.5. The number of hydrogen-bond acceptors (Lipinski definition) is 8. The molecule has 0 spiro atoms. The maximum atomic E-state index is 5.04. The normalized spacial score (nSPS) is 28.0. The van der Waals surface area contributed by atoms with Crippen LogP contribution in [0.25, 0.3) is 0 Å². The van der Waals surface area contributed by atoms with Crippen molar-refractivity contribution in [3.8, 4) is 0 Å². The van der Waals surface area contributed by atoms with Crippen molar-refractivity contribution in [2.75, 3.05) is 16.0 Å². The van der Waals surface area contributed by atoms with E-state index in [0.29, 0.717) is 24.1 Å². The van der Waals surface area contributed by atoms with Crippen molar-refractivity contribution in [3.05, 3.63) is 6.07 Å². The van der Waals surface area contributed by atoms with Crippen molar-refractivity contribution in [2.24, 2.45) is 0 Å². The van der Waals surface area contributed by atoms with E-state index >= 15 is 0 Å². The first-order chi connectivity index (χ1) is 17.6. The summed E-state index contributed by atoms with van der Waals surface area (Å²) in [6, 6.07) is 3.08. The van der Waals surface area contributed by atoms with E-state index in [1.165, 1.54) is 0 Å². The van der Waals surface area contributed by atoms with E-state index in [4.69, 9.17) is 9.97 Å². The van der Waals surface area contributed by atoms with Crippen LogP contribution < -0.4 is 31.9 Å². The van der Waals surface area contributed by atoms with Crippen LogP contribution >= 0.6 is 0 Å². The quantitative estimate of drug-likeness (QED) is 0.275. The van der Waals surface area contributed by atoms with Crippen molar-refractivity contribution in [1.82, 2.24) is 25.9 Å². The lowest BCUT2D eigenvalue weighted by molar-refractivity contribution is 0.170. The van der Waals surface area contributed by atoms with Crippen LogP contribution in [-0.4, -0.2) is 61.3 Å². The van der Waals surface area contributed by atoms with Crippen molar-refractivity contribution < 1.29 is 0 Å². The van der Waals surface area contributed by atoms with Gasteiger partial charge in [-0.25, -0.2) is 0 Å². The van der Waals surface area contributed by atoms with E-state index in [1.54, 1.807) is 0 Å². The van der Waals surface area contributed by atoms with E-state index in [1.807, 2.05) is 0 Å². The number of nitrogens with zero attached hydrogens (tertiary/aromatic N) is 2. The Morgan fingerprint density at radius 3 is 1.03 bits per heavy atom. The number of nitrogens with one attached hydrogen (secondary N) is 6. The molecular weight excluding hydrogens is 484 g/mol. The molecule has 0 aromatic carbocycles. The van der Waals surface area contributed by atoms with Crippen LogP contribution in [0.3, 0.4) is 0 Å². The number of rotatable bonds is 6. The van der Waals surface area contributed by atoms with Crippen LogP contribution in [0.1, 0.15) is 122 Å². The van der Waals surface area contributed by atoms with Gasteiger partial charge in [0, 0.05) is 57.4 Å². The number of anilines is 3. The van der Waals surface area contributed by atoms with Crippen LogP contribution in [0.4, 0.5) is 17.6 Å². The van der Waals surface area contributed by atoms with Gasteiger partial charge in [0.1, 0.15) is 11.6 Å². The zero-order chi connectivity index (χ0) is 29.1. The van der Waals surface area contributed by atoms with E-state index in [2.05, 4.69) is 121 Å². The zero-order valence-corrected chi connectivity index (χ0v) is 26.9. The Hall–Kier alpha value is -1.64.